The predicted octanol–water partition coefficient (Wildman–Crippen LogP) is -0.0308. The molecule has 1 aliphatic carbocycles. The number of benzene rings is 1. The summed E-state index contributed by atoms with van der Waals surface area (Å²) >= 11 is 0. The minimum absolute atomic E-state index is 0.445. The number of carbonyl (C=O) groups is 4. The quantitative estimate of drug-likeness (QED) is 0.670. The van der Waals surface area contributed by atoms with Gasteiger partial charge in [0, 0.05) is 0 Å². The van der Waals surface area contributed by atoms with Gasteiger partial charge < -0.3 is 15.7 Å². The van der Waals surface area contributed by atoms with Crippen molar-refractivity contribution >= 4 is 23.8 Å². The molecule has 1 saturated heterocycles. The third kappa shape index (κ3) is 2.40. The van der Waals surface area contributed by atoms with E-state index in [-0.39, 0.29) is 0 Å². The van der Waals surface area contributed by atoms with Gasteiger partial charge in [-0.15, -0.1) is 0 Å². The Kier molecular flexibility index (Phi) is 3.75. The highest BCUT2D eigenvalue weighted by molar-refractivity contribution is 6.10. The van der Waals surface area contributed by atoms with Gasteiger partial charge in [-0.25, -0.2) is 4.79 Å². The highest BCUT2D eigenvalue weighted by Crippen LogP contribution is 2.41. The standard InChI is InChI=1S/C16H17N3O5/c1-9(13(21)22)17-12(20)8-19-14(23)16(18-15(19)24)7-6-10-4-2-3-5-11(10)16/h2-5,9H,6-8H2,1H3,(H,17,20)(H,18,24)(H,21,22). The van der Waals surface area contributed by atoms with Crippen LogP contribution in [0.3, 0.4) is 0 Å². The van der Waals surface area contributed by atoms with Crippen LogP contribution in [0.15, 0.2) is 24.3 Å². The van der Waals surface area contributed by atoms with Gasteiger partial charge in [0.25, 0.3) is 5.91 Å². The number of rotatable bonds is 4. The van der Waals surface area contributed by atoms with Crippen molar-refractivity contribution in [2.24, 2.45) is 0 Å². The lowest BCUT2D eigenvalue weighted by Gasteiger charge is -2.22. The summed E-state index contributed by atoms with van der Waals surface area (Å²) in [4.78, 5) is 48.5. The first-order chi connectivity index (χ1) is 11.3. The third-order valence-electron chi connectivity index (χ3n) is 4.47. The molecule has 4 amide bonds. The number of hydrogen-bond acceptors (Lipinski definition) is 4. The van der Waals surface area contributed by atoms with E-state index in [0.29, 0.717) is 12.8 Å². The number of carboxylic acid groups (broad SMARTS) is 1. The average Bonchev–Trinajstić information content (AvgIpc) is 3.02. The van der Waals surface area contributed by atoms with E-state index >= 15 is 0 Å². The zero-order valence-corrected chi connectivity index (χ0v) is 13.0. The van der Waals surface area contributed by atoms with E-state index < -0.39 is 41.9 Å². The first-order valence-corrected chi connectivity index (χ1v) is 7.60. The first kappa shape index (κ1) is 16.0. The van der Waals surface area contributed by atoms with Gasteiger partial charge in [-0.1, -0.05) is 24.3 Å². The predicted molar refractivity (Wildman–Crippen MR) is 81.9 cm³/mol. The fourth-order valence-electron chi connectivity index (χ4n) is 3.23. The molecule has 8 heteroatoms. The van der Waals surface area contributed by atoms with Crippen molar-refractivity contribution in [2.75, 3.05) is 6.54 Å². The van der Waals surface area contributed by atoms with Gasteiger partial charge in [0.1, 0.15) is 18.1 Å². The van der Waals surface area contributed by atoms with Crippen LogP contribution >= 0.6 is 0 Å². The molecule has 2 aliphatic rings. The van der Waals surface area contributed by atoms with E-state index in [1.165, 1.54) is 6.92 Å². The van der Waals surface area contributed by atoms with Crippen LogP contribution in [0.25, 0.3) is 0 Å². The van der Waals surface area contributed by atoms with Crippen molar-refractivity contribution in [2.45, 2.75) is 31.3 Å². The minimum Gasteiger partial charge on any atom is -0.480 e. The Morgan fingerprint density at radius 3 is 2.79 bits per heavy atom. The molecule has 1 aromatic rings. The number of nitrogens with zero attached hydrogens (tertiary/aromatic N) is 1. The second-order valence-electron chi connectivity index (χ2n) is 6.01. The summed E-state index contributed by atoms with van der Waals surface area (Å²) in [6.45, 7) is 0.799. The largest absolute Gasteiger partial charge is 0.480 e. The van der Waals surface area contributed by atoms with E-state index in [2.05, 4.69) is 10.6 Å². The number of hydrogen-bond donors (Lipinski definition) is 3. The maximum atomic E-state index is 12.8. The van der Waals surface area contributed by atoms with Crippen molar-refractivity contribution in [1.29, 1.82) is 0 Å². The molecule has 24 heavy (non-hydrogen) atoms. The lowest BCUT2D eigenvalue weighted by atomic mass is 9.92. The van der Waals surface area contributed by atoms with Gasteiger partial charge in [-0.05, 0) is 30.9 Å². The molecule has 3 rings (SSSR count). The number of urea groups is 1. The van der Waals surface area contributed by atoms with Crippen LogP contribution in [0.5, 0.6) is 0 Å². The molecule has 126 valence electrons. The fourth-order valence-corrected chi connectivity index (χ4v) is 3.23. The molecule has 1 fully saturated rings. The minimum atomic E-state index is -1.19. The number of aryl methyl sites for hydroxylation is 1. The molecule has 1 spiro atoms. The van der Waals surface area contributed by atoms with Crippen LogP contribution in [0.2, 0.25) is 0 Å². The summed E-state index contributed by atoms with van der Waals surface area (Å²) in [6, 6.07) is 5.64. The van der Waals surface area contributed by atoms with E-state index in [0.717, 1.165) is 16.0 Å². The molecule has 0 radical (unpaired) electrons. The van der Waals surface area contributed by atoms with Crippen molar-refractivity contribution in [1.82, 2.24) is 15.5 Å². The molecule has 3 N–H and O–H groups in total. The molecule has 1 heterocycles. The Bertz CT molecular complexity index is 747. The molecule has 0 aromatic heterocycles. The number of amides is 4. The second-order valence-corrected chi connectivity index (χ2v) is 6.01. The number of carboxylic acids is 1. The first-order valence-electron chi connectivity index (χ1n) is 7.60. The molecular weight excluding hydrogens is 314 g/mol. The Balaban J connectivity index is 1.79. The molecule has 1 aliphatic heterocycles. The number of imide groups is 1. The highest BCUT2D eigenvalue weighted by atomic mass is 16.4. The molecule has 0 bridgehead atoms. The SMILES string of the molecule is CC(NC(=O)CN1C(=O)NC2(CCc3ccccc32)C1=O)C(=O)O. The van der Waals surface area contributed by atoms with Crippen LogP contribution in [0, 0.1) is 0 Å². The van der Waals surface area contributed by atoms with Crippen LogP contribution < -0.4 is 10.6 Å². The summed E-state index contributed by atoms with van der Waals surface area (Å²) in [7, 11) is 0. The van der Waals surface area contributed by atoms with Gasteiger partial charge in [0.15, 0.2) is 0 Å². The third-order valence-corrected chi connectivity index (χ3v) is 4.47. The molecule has 0 saturated carbocycles. The average molecular weight is 331 g/mol. The Morgan fingerprint density at radius 1 is 1.38 bits per heavy atom. The molecule has 2 unspecified atom stereocenters. The summed E-state index contributed by atoms with van der Waals surface area (Å²) in [6.07, 6.45) is 1.11. The molecule has 1 aromatic carbocycles. The van der Waals surface area contributed by atoms with Gasteiger partial charge >= 0.3 is 12.0 Å². The molecule has 2 atom stereocenters. The fraction of sp³-hybridized carbons (Fsp3) is 0.375. The molecule has 8 nitrogen and oxygen atoms in total. The number of nitrogens with one attached hydrogen (secondary N) is 2. The summed E-state index contributed by atoms with van der Waals surface area (Å²) < 4.78 is 0. The van der Waals surface area contributed by atoms with Crippen LogP contribution in [-0.4, -0.2) is 46.4 Å². The number of aliphatic carboxylic acids is 1. The van der Waals surface area contributed by atoms with Crippen LogP contribution in [0.4, 0.5) is 4.79 Å². The van der Waals surface area contributed by atoms with E-state index in [9.17, 15) is 19.2 Å². The van der Waals surface area contributed by atoms with Gasteiger partial charge in [0.05, 0.1) is 0 Å². The van der Waals surface area contributed by atoms with Gasteiger partial charge in [-0.3, -0.25) is 19.3 Å². The maximum absolute atomic E-state index is 12.8. The van der Waals surface area contributed by atoms with Gasteiger partial charge in [-0.2, -0.15) is 0 Å². The number of fused-ring (bicyclic) bond motifs is 2. The summed E-state index contributed by atoms with van der Waals surface area (Å²) in [5, 5.41) is 13.7. The Morgan fingerprint density at radius 2 is 2.08 bits per heavy atom. The van der Waals surface area contributed by atoms with Gasteiger partial charge in [0.2, 0.25) is 5.91 Å². The normalized spacial score (nSPS) is 23.1. The van der Waals surface area contributed by atoms with Crippen molar-refractivity contribution < 1.29 is 24.3 Å². The smallest absolute Gasteiger partial charge is 0.325 e. The lowest BCUT2D eigenvalue weighted by Crippen LogP contribution is -2.46. The van der Waals surface area contributed by atoms with Crippen molar-refractivity contribution in [3.63, 3.8) is 0 Å². The second kappa shape index (κ2) is 5.63. The maximum Gasteiger partial charge on any atom is 0.325 e. The number of carbonyl (C=O) groups excluding carboxylic acids is 3. The Hall–Kier alpha value is -2.90. The Labute approximate surface area is 137 Å². The summed E-state index contributed by atoms with van der Waals surface area (Å²) in [5.41, 5.74) is 0.633. The van der Waals surface area contributed by atoms with E-state index in [1.54, 1.807) is 12.1 Å². The zero-order valence-electron chi connectivity index (χ0n) is 13.0. The highest BCUT2D eigenvalue weighted by Gasteiger charge is 2.55. The zero-order chi connectivity index (χ0) is 17.5. The topological polar surface area (TPSA) is 116 Å². The van der Waals surface area contributed by atoms with E-state index in [4.69, 9.17) is 5.11 Å². The summed E-state index contributed by atoms with van der Waals surface area (Å²) in [5.74, 6) is -2.37. The van der Waals surface area contributed by atoms with Crippen molar-refractivity contribution in [3.05, 3.63) is 35.4 Å². The van der Waals surface area contributed by atoms with Crippen molar-refractivity contribution in [3.8, 4) is 0 Å². The van der Waals surface area contributed by atoms with Crippen LogP contribution in [-0.2, 0) is 26.3 Å². The molecular formula is C16H17N3O5. The monoisotopic (exact) mass is 331 g/mol. The van der Waals surface area contributed by atoms with Crippen LogP contribution in [0.1, 0.15) is 24.5 Å². The van der Waals surface area contributed by atoms with E-state index in [1.807, 2.05) is 12.1 Å². The lowest BCUT2D eigenvalue weighted by molar-refractivity contribution is -0.141.